The molecule has 2 N–H and O–H groups in total. The van der Waals surface area contributed by atoms with Gasteiger partial charge in [-0.05, 0) is 48.9 Å². The Morgan fingerprint density at radius 2 is 2.05 bits per heavy atom. The molecule has 1 fully saturated rings. The topological polar surface area (TPSA) is 46.3 Å². The van der Waals surface area contributed by atoms with Gasteiger partial charge in [-0.25, -0.2) is 0 Å². The fourth-order valence-corrected chi connectivity index (χ4v) is 4.08. The predicted molar refractivity (Wildman–Crippen MR) is 92.8 cm³/mol. The van der Waals surface area contributed by atoms with Gasteiger partial charge >= 0.3 is 0 Å². The molecule has 6 heteroatoms. The molecule has 122 valence electrons. The van der Waals surface area contributed by atoms with E-state index in [1.165, 1.54) is 0 Å². The number of amides is 1. The lowest BCUT2D eigenvalue weighted by Gasteiger charge is -2.34. The summed E-state index contributed by atoms with van der Waals surface area (Å²) in [6.45, 7) is 1.34. The summed E-state index contributed by atoms with van der Waals surface area (Å²) in [7, 11) is 0. The zero-order valence-corrected chi connectivity index (χ0v) is 14.7. The Labute approximate surface area is 147 Å². The molecular weight excluding hydrogens is 343 g/mol. The minimum Gasteiger partial charge on any atom is -0.338 e. The zero-order chi connectivity index (χ0) is 15.0. The first-order valence-corrected chi connectivity index (χ1v) is 8.31. The standard InChI is InChI=1S/C16H20Cl2N2O.ClH/c17-12-6-10-4-5-20(9-14(10)15(18)8-12)16(21)11-2-1-3-13(19)7-11;/h6,8,11,13H,1-5,7,9,19H2;1H. The molecule has 1 aromatic rings. The summed E-state index contributed by atoms with van der Waals surface area (Å²) >= 11 is 12.3. The molecule has 0 aromatic heterocycles. The van der Waals surface area contributed by atoms with Gasteiger partial charge in [-0.2, -0.15) is 0 Å². The van der Waals surface area contributed by atoms with Crippen LogP contribution in [0.25, 0.3) is 0 Å². The van der Waals surface area contributed by atoms with Crippen LogP contribution in [0.3, 0.4) is 0 Å². The van der Waals surface area contributed by atoms with Gasteiger partial charge in [-0.15, -0.1) is 12.4 Å². The maximum absolute atomic E-state index is 12.7. The van der Waals surface area contributed by atoms with E-state index < -0.39 is 0 Å². The zero-order valence-electron chi connectivity index (χ0n) is 12.4. The van der Waals surface area contributed by atoms with Crippen LogP contribution in [-0.2, 0) is 17.8 Å². The van der Waals surface area contributed by atoms with Crippen molar-refractivity contribution in [2.75, 3.05) is 6.54 Å². The van der Waals surface area contributed by atoms with E-state index in [0.717, 1.165) is 49.8 Å². The van der Waals surface area contributed by atoms with Crippen LogP contribution in [0.2, 0.25) is 10.0 Å². The van der Waals surface area contributed by atoms with Crippen molar-refractivity contribution in [1.29, 1.82) is 0 Å². The van der Waals surface area contributed by atoms with Crippen LogP contribution in [0.4, 0.5) is 0 Å². The highest BCUT2D eigenvalue weighted by atomic mass is 35.5. The van der Waals surface area contributed by atoms with Crippen molar-refractivity contribution in [3.05, 3.63) is 33.3 Å². The van der Waals surface area contributed by atoms with Gasteiger partial charge in [0.2, 0.25) is 5.91 Å². The van der Waals surface area contributed by atoms with Crippen molar-refractivity contribution in [3.8, 4) is 0 Å². The average molecular weight is 364 g/mol. The third kappa shape index (κ3) is 3.70. The molecule has 0 saturated heterocycles. The Hall–Kier alpha value is -0.480. The molecule has 0 spiro atoms. The largest absolute Gasteiger partial charge is 0.338 e. The van der Waals surface area contributed by atoms with Crippen LogP contribution >= 0.6 is 35.6 Å². The molecule has 1 heterocycles. The summed E-state index contributed by atoms with van der Waals surface area (Å²) in [6.07, 6.45) is 4.69. The number of benzene rings is 1. The Balaban J connectivity index is 0.00000176. The second-order valence-corrected chi connectivity index (χ2v) is 7.00. The predicted octanol–water partition coefficient (Wildman–Crippen LogP) is 3.82. The number of nitrogens with zero attached hydrogens (tertiary/aromatic N) is 1. The summed E-state index contributed by atoms with van der Waals surface area (Å²) in [5, 5.41) is 1.33. The van der Waals surface area contributed by atoms with Crippen LogP contribution in [0.5, 0.6) is 0 Å². The van der Waals surface area contributed by atoms with Crippen molar-refractivity contribution in [3.63, 3.8) is 0 Å². The van der Waals surface area contributed by atoms with E-state index in [1.54, 1.807) is 6.07 Å². The average Bonchev–Trinajstić information content (AvgIpc) is 2.46. The number of rotatable bonds is 1. The van der Waals surface area contributed by atoms with Crippen LogP contribution in [0.1, 0.15) is 36.8 Å². The molecule has 1 amide bonds. The maximum atomic E-state index is 12.7. The van der Waals surface area contributed by atoms with E-state index >= 15 is 0 Å². The number of hydrogen-bond donors (Lipinski definition) is 1. The van der Waals surface area contributed by atoms with Crippen LogP contribution in [0.15, 0.2) is 12.1 Å². The monoisotopic (exact) mass is 362 g/mol. The van der Waals surface area contributed by atoms with Crippen molar-refractivity contribution in [2.45, 2.75) is 44.7 Å². The van der Waals surface area contributed by atoms with E-state index in [4.69, 9.17) is 28.9 Å². The van der Waals surface area contributed by atoms with Gasteiger partial charge < -0.3 is 10.6 Å². The van der Waals surface area contributed by atoms with Crippen molar-refractivity contribution >= 4 is 41.5 Å². The first-order chi connectivity index (χ1) is 10.0. The fourth-order valence-electron chi connectivity index (χ4n) is 3.48. The quantitative estimate of drug-likeness (QED) is 0.824. The SMILES string of the molecule is Cl.NC1CCCC(C(=O)N2CCc3cc(Cl)cc(Cl)c3C2)C1. The summed E-state index contributed by atoms with van der Waals surface area (Å²) in [5.74, 6) is 0.322. The first kappa shape index (κ1) is 17.9. The number of nitrogens with two attached hydrogens (primary N) is 1. The molecule has 1 aromatic carbocycles. The molecule has 0 radical (unpaired) electrons. The number of fused-ring (bicyclic) bond motifs is 1. The van der Waals surface area contributed by atoms with E-state index in [9.17, 15) is 4.79 Å². The first-order valence-electron chi connectivity index (χ1n) is 7.55. The molecular formula is C16H21Cl3N2O. The molecule has 22 heavy (non-hydrogen) atoms. The third-order valence-corrected chi connectivity index (χ3v) is 5.18. The van der Waals surface area contributed by atoms with Crippen LogP contribution < -0.4 is 5.73 Å². The van der Waals surface area contributed by atoms with Gasteiger partial charge in [0.05, 0.1) is 0 Å². The number of hydrogen-bond acceptors (Lipinski definition) is 2. The minimum absolute atomic E-state index is 0. The minimum atomic E-state index is 0. The molecule has 2 unspecified atom stereocenters. The second-order valence-electron chi connectivity index (χ2n) is 6.16. The number of halogens is 3. The smallest absolute Gasteiger partial charge is 0.226 e. The van der Waals surface area contributed by atoms with Crippen molar-refractivity contribution in [2.24, 2.45) is 11.7 Å². The van der Waals surface area contributed by atoms with Crippen LogP contribution in [0, 0.1) is 5.92 Å². The van der Waals surface area contributed by atoms with E-state index in [1.807, 2.05) is 11.0 Å². The van der Waals surface area contributed by atoms with Crippen LogP contribution in [-0.4, -0.2) is 23.4 Å². The lowest BCUT2D eigenvalue weighted by molar-refractivity contribution is -0.137. The molecule has 3 nitrogen and oxygen atoms in total. The van der Waals surface area contributed by atoms with Gasteiger partial charge in [0, 0.05) is 35.1 Å². The molecule has 1 aliphatic heterocycles. The highest BCUT2D eigenvalue weighted by Crippen LogP contribution is 2.32. The summed E-state index contributed by atoms with van der Waals surface area (Å²) < 4.78 is 0. The van der Waals surface area contributed by atoms with Gasteiger partial charge in [-0.3, -0.25) is 4.79 Å². The summed E-state index contributed by atoms with van der Waals surface area (Å²) in [4.78, 5) is 14.6. The fraction of sp³-hybridized carbons (Fsp3) is 0.562. The molecule has 0 bridgehead atoms. The second kappa shape index (κ2) is 7.39. The number of carbonyl (C=O) groups is 1. The van der Waals surface area contributed by atoms with Gasteiger partial charge in [-0.1, -0.05) is 29.6 Å². The number of carbonyl (C=O) groups excluding carboxylic acids is 1. The Morgan fingerprint density at radius 3 is 2.77 bits per heavy atom. The lowest BCUT2D eigenvalue weighted by Crippen LogP contribution is -2.43. The molecule has 2 aliphatic rings. The van der Waals surface area contributed by atoms with Gasteiger partial charge in [0.1, 0.15) is 0 Å². The Morgan fingerprint density at radius 1 is 1.27 bits per heavy atom. The van der Waals surface area contributed by atoms with Crippen molar-refractivity contribution in [1.82, 2.24) is 4.90 Å². The van der Waals surface area contributed by atoms with E-state index in [2.05, 4.69) is 0 Å². The molecule has 3 rings (SSSR count). The molecule has 2 atom stereocenters. The highest BCUT2D eigenvalue weighted by molar-refractivity contribution is 6.35. The Kier molecular flexibility index (Phi) is 6.00. The van der Waals surface area contributed by atoms with Gasteiger partial charge in [0.15, 0.2) is 0 Å². The van der Waals surface area contributed by atoms with E-state index in [0.29, 0.717) is 16.6 Å². The highest BCUT2D eigenvalue weighted by Gasteiger charge is 2.31. The Bertz CT molecular complexity index is 565. The molecule has 1 aliphatic carbocycles. The molecule has 1 saturated carbocycles. The van der Waals surface area contributed by atoms with Gasteiger partial charge in [0.25, 0.3) is 0 Å². The van der Waals surface area contributed by atoms with Crippen molar-refractivity contribution < 1.29 is 4.79 Å². The summed E-state index contributed by atoms with van der Waals surface area (Å²) in [5.41, 5.74) is 8.21. The van der Waals surface area contributed by atoms with E-state index in [-0.39, 0.29) is 30.3 Å². The maximum Gasteiger partial charge on any atom is 0.226 e. The summed E-state index contributed by atoms with van der Waals surface area (Å²) in [6, 6.07) is 3.89. The normalized spacial score (nSPS) is 24.4. The lowest BCUT2D eigenvalue weighted by atomic mass is 9.84. The third-order valence-electron chi connectivity index (χ3n) is 4.63.